The second-order valence-corrected chi connectivity index (χ2v) is 13.2. The van der Waals surface area contributed by atoms with E-state index in [9.17, 15) is 0 Å². The van der Waals surface area contributed by atoms with E-state index in [1.807, 2.05) is 28.8 Å². The monoisotopic (exact) mass is 370 g/mol. The molecule has 0 atom stereocenters. The molecule has 0 amide bonds. The number of nitrogen functional groups attached to an aromatic ring is 1. The molecule has 3 aromatic rings. The van der Waals surface area contributed by atoms with Gasteiger partial charge in [0.2, 0.25) is 0 Å². The molecule has 1 aromatic carbocycles. The number of fused-ring (bicyclic) bond motifs is 1. The highest BCUT2D eigenvalue weighted by atomic mass is 28.3. The van der Waals surface area contributed by atoms with E-state index in [0.29, 0.717) is 12.4 Å². The number of imidazole rings is 1. The lowest BCUT2D eigenvalue weighted by Crippen LogP contribution is -2.22. The smallest absolute Gasteiger partial charge is 0.145 e. The van der Waals surface area contributed by atoms with Gasteiger partial charge >= 0.3 is 0 Å². The van der Waals surface area contributed by atoms with E-state index < -0.39 is 8.07 Å². The van der Waals surface area contributed by atoms with Crippen LogP contribution in [-0.2, 0) is 11.5 Å². The molecule has 0 saturated heterocycles. The minimum Gasteiger partial charge on any atom is -0.497 e. The number of rotatable bonds is 7. The summed E-state index contributed by atoms with van der Waals surface area (Å²) in [6.45, 7) is 8.20. The van der Waals surface area contributed by atoms with Gasteiger partial charge in [0.25, 0.3) is 0 Å². The summed E-state index contributed by atoms with van der Waals surface area (Å²) in [7, 11) is 0.529. The number of ether oxygens (including phenoxy) is 2. The molecule has 3 rings (SSSR count). The highest BCUT2D eigenvalue weighted by molar-refractivity contribution is 6.76. The van der Waals surface area contributed by atoms with Crippen LogP contribution in [0.1, 0.15) is 0 Å². The number of hydrogen-bond donors (Lipinski definition) is 1. The van der Waals surface area contributed by atoms with Crippen molar-refractivity contribution in [2.45, 2.75) is 32.4 Å². The summed E-state index contributed by atoms with van der Waals surface area (Å²) in [5.41, 5.74) is 9.42. The maximum Gasteiger partial charge on any atom is 0.145 e. The second kappa shape index (κ2) is 7.47. The quantitative estimate of drug-likeness (QED) is 0.502. The van der Waals surface area contributed by atoms with E-state index in [-0.39, 0.29) is 0 Å². The van der Waals surface area contributed by atoms with Crippen LogP contribution in [0.3, 0.4) is 0 Å². The zero-order chi connectivity index (χ0) is 18.7. The van der Waals surface area contributed by atoms with Crippen LogP contribution in [0.4, 0.5) is 5.69 Å². The van der Waals surface area contributed by atoms with Gasteiger partial charge in [0, 0.05) is 32.5 Å². The Morgan fingerprint density at radius 2 is 2.00 bits per heavy atom. The highest BCUT2D eigenvalue weighted by Gasteiger charge is 2.17. The number of pyridine rings is 1. The Morgan fingerprint density at radius 1 is 1.19 bits per heavy atom. The van der Waals surface area contributed by atoms with E-state index in [0.717, 1.165) is 40.8 Å². The Hall–Kier alpha value is -2.38. The third kappa shape index (κ3) is 4.05. The van der Waals surface area contributed by atoms with Gasteiger partial charge in [0.1, 0.15) is 18.3 Å². The molecule has 0 fully saturated rings. The zero-order valence-corrected chi connectivity index (χ0v) is 16.8. The van der Waals surface area contributed by atoms with Crippen LogP contribution < -0.4 is 10.5 Å². The average Bonchev–Trinajstić information content (AvgIpc) is 2.95. The van der Waals surface area contributed by atoms with Crippen molar-refractivity contribution in [2.75, 3.05) is 19.5 Å². The van der Waals surface area contributed by atoms with Crippen molar-refractivity contribution >= 4 is 24.8 Å². The van der Waals surface area contributed by atoms with Crippen molar-refractivity contribution in [1.29, 1.82) is 0 Å². The van der Waals surface area contributed by atoms with Gasteiger partial charge in [-0.1, -0.05) is 19.6 Å². The van der Waals surface area contributed by atoms with Crippen molar-refractivity contribution < 1.29 is 9.47 Å². The van der Waals surface area contributed by atoms with Crippen molar-refractivity contribution in [2.24, 2.45) is 0 Å². The molecule has 0 unspecified atom stereocenters. The maximum absolute atomic E-state index is 6.14. The summed E-state index contributed by atoms with van der Waals surface area (Å²) in [6.07, 6.45) is 3.37. The number of nitrogens with zero attached hydrogens (tertiary/aromatic N) is 3. The van der Waals surface area contributed by atoms with Gasteiger partial charge < -0.3 is 15.2 Å². The van der Waals surface area contributed by atoms with E-state index in [1.54, 1.807) is 19.5 Å². The molecule has 0 aliphatic heterocycles. The lowest BCUT2D eigenvalue weighted by Gasteiger charge is -2.16. The molecule has 6 nitrogen and oxygen atoms in total. The molecule has 0 spiro atoms. The summed E-state index contributed by atoms with van der Waals surface area (Å²) in [5.74, 6) is 1.57. The number of hydrogen-bond acceptors (Lipinski definition) is 5. The normalized spacial score (nSPS) is 11.8. The molecule has 7 heteroatoms. The van der Waals surface area contributed by atoms with Crippen LogP contribution in [0, 0.1) is 0 Å². The third-order valence-corrected chi connectivity index (χ3v) is 5.97. The van der Waals surface area contributed by atoms with Crippen LogP contribution in [0.5, 0.6) is 5.75 Å². The number of benzene rings is 1. The second-order valence-electron chi connectivity index (χ2n) is 7.53. The Morgan fingerprint density at radius 3 is 2.69 bits per heavy atom. The minimum atomic E-state index is -1.13. The van der Waals surface area contributed by atoms with Crippen molar-refractivity contribution in [3.8, 4) is 17.1 Å². The maximum atomic E-state index is 6.14. The van der Waals surface area contributed by atoms with Gasteiger partial charge in [-0.2, -0.15) is 0 Å². The van der Waals surface area contributed by atoms with Crippen LogP contribution in [0.25, 0.3) is 22.4 Å². The van der Waals surface area contributed by atoms with Crippen LogP contribution in [-0.4, -0.2) is 36.3 Å². The molecule has 0 bridgehead atoms. The summed E-state index contributed by atoms with van der Waals surface area (Å²) in [6, 6.07) is 8.84. The number of nitrogens with two attached hydrogens (primary N) is 1. The third-order valence-electron chi connectivity index (χ3n) is 4.26. The Bertz CT molecular complexity index is 902. The average molecular weight is 371 g/mol. The topological polar surface area (TPSA) is 75.2 Å². The van der Waals surface area contributed by atoms with E-state index in [2.05, 4.69) is 24.6 Å². The van der Waals surface area contributed by atoms with Gasteiger partial charge in [-0.3, -0.25) is 9.55 Å². The number of aromatic nitrogens is 3. The standard InChI is InChI=1S/C19H26N4O2Si/c1-24-14-5-6-17-18(11-14)23(13-25-9-10-26(2,3)4)19(22-17)15-7-8-21-12-16(15)20/h5-8,11-12H,9-10,13,20H2,1-4H3. The highest BCUT2D eigenvalue weighted by Crippen LogP contribution is 2.30. The first kappa shape index (κ1) is 18.4. The van der Waals surface area contributed by atoms with Gasteiger partial charge in [0.15, 0.2) is 0 Å². The first-order chi connectivity index (χ1) is 12.4. The first-order valence-corrected chi connectivity index (χ1v) is 12.4. The predicted molar refractivity (Wildman–Crippen MR) is 108 cm³/mol. The van der Waals surface area contributed by atoms with Crippen LogP contribution >= 0.6 is 0 Å². The molecule has 2 aromatic heterocycles. The fraction of sp³-hybridized carbons (Fsp3) is 0.368. The summed E-state index contributed by atoms with van der Waals surface area (Å²) >= 11 is 0. The summed E-state index contributed by atoms with van der Waals surface area (Å²) in [5, 5.41) is 0. The van der Waals surface area contributed by atoms with Gasteiger partial charge in [-0.15, -0.1) is 0 Å². The van der Waals surface area contributed by atoms with Crippen molar-refractivity contribution in [3.05, 3.63) is 36.7 Å². The van der Waals surface area contributed by atoms with Crippen LogP contribution in [0.15, 0.2) is 36.7 Å². The van der Waals surface area contributed by atoms with E-state index >= 15 is 0 Å². The molecule has 26 heavy (non-hydrogen) atoms. The Balaban J connectivity index is 1.99. The van der Waals surface area contributed by atoms with Crippen LogP contribution in [0.2, 0.25) is 25.7 Å². The predicted octanol–water partition coefficient (Wildman–Crippen LogP) is 4.00. The minimum absolute atomic E-state index is 0.422. The fourth-order valence-electron chi connectivity index (χ4n) is 2.71. The zero-order valence-electron chi connectivity index (χ0n) is 15.8. The number of anilines is 1. The molecule has 0 aliphatic carbocycles. The fourth-order valence-corrected chi connectivity index (χ4v) is 3.47. The SMILES string of the molecule is COc1ccc2nc(-c3ccncc3N)n(COCC[Si](C)(C)C)c2c1. The molecular weight excluding hydrogens is 344 g/mol. The van der Waals surface area contributed by atoms with E-state index in [4.69, 9.17) is 20.2 Å². The van der Waals surface area contributed by atoms with Gasteiger partial charge in [0.05, 0.1) is 30.0 Å². The Kier molecular flexibility index (Phi) is 5.29. The molecule has 0 saturated carbocycles. The summed E-state index contributed by atoms with van der Waals surface area (Å²) < 4.78 is 13.4. The Labute approximate surface area is 155 Å². The summed E-state index contributed by atoms with van der Waals surface area (Å²) in [4.78, 5) is 8.85. The van der Waals surface area contributed by atoms with Gasteiger partial charge in [-0.25, -0.2) is 4.98 Å². The molecule has 2 heterocycles. The van der Waals surface area contributed by atoms with E-state index in [1.165, 1.54) is 0 Å². The lowest BCUT2D eigenvalue weighted by molar-refractivity contribution is 0.0909. The molecular formula is C19H26N4O2Si. The lowest BCUT2D eigenvalue weighted by atomic mass is 10.2. The van der Waals surface area contributed by atoms with Crippen molar-refractivity contribution in [3.63, 3.8) is 0 Å². The molecule has 2 N–H and O–H groups in total. The number of methoxy groups -OCH3 is 1. The molecule has 138 valence electrons. The van der Waals surface area contributed by atoms with Gasteiger partial charge in [-0.05, 0) is 24.2 Å². The molecule has 0 radical (unpaired) electrons. The largest absolute Gasteiger partial charge is 0.497 e. The van der Waals surface area contributed by atoms with Crippen molar-refractivity contribution in [1.82, 2.24) is 14.5 Å². The molecule has 0 aliphatic rings. The first-order valence-electron chi connectivity index (χ1n) is 8.71.